The number of rotatable bonds is 10. The summed E-state index contributed by atoms with van der Waals surface area (Å²) in [5, 5.41) is 9.25. The van der Waals surface area contributed by atoms with Crippen molar-refractivity contribution in [2.45, 2.75) is 44.0 Å². The van der Waals surface area contributed by atoms with Gasteiger partial charge in [-0.15, -0.1) is 0 Å². The lowest BCUT2D eigenvalue weighted by atomic mass is 9.93. The van der Waals surface area contributed by atoms with Crippen molar-refractivity contribution in [3.63, 3.8) is 0 Å². The maximum atomic E-state index is 13.1. The van der Waals surface area contributed by atoms with Crippen molar-refractivity contribution in [3.8, 4) is 17.1 Å². The van der Waals surface area contributed by atoms with Gasteiger partial charge in [-0.1, -0.05) is 24.3 Å². The molecule has 11 heteroatoms. The number of benzene rings is 2. The van der Waals surface area contributed by atoms with E-state index in [9.17, 15) is 18.3 Å². The lowest BCUT2D eigenvalue weighted by molar-refractivity contribution is 0.0599. The Morgan fingerprint density at radius 3 is 2.50 bits per heavy atom. The fourth-order valence-corrected chi connectivity index (χ4v) is 5.53. The van der Waals surface area contributed by atoms with Crippen LogP contribution in [0.5, 0.6) is 5.88 Å². The van der Waals surface area contributed by atoms with Gasteiger partial charge in [-0.05, 0) is 68.4 Å². The predicted octanol–water partition coefficient (Wildman–Crippen LogP) is 3.78. The summed E-state index contributed by atoms with van der Waals surface area (Å²) >= 11 is 0. The summed E-state index contributed by atoms with van der Waals surface area (Å²) in [5.74, 6) is -0.777. The highest BCUT2D eigenvalue weighted by atomic mass is 32.2. The molecule has 0 bridgehead atoms. The summed E-state index contributed by atoms with van der Waals surface area (Å²) < 4.78 is 39.9. The number of carboxylic acid groups (broad SMARTS) is 1. The standard InChI is InChI=1S/C27H32N4O6S/c1-17-5-3-6-18(2)25(17)23-15-24(37-16-21(28)13-19-9-11-36-12-10-19)30-27(29-23)31-38(34,35)22-8-4-7-20(14-22)26(32)33/h3-8,14-15,19,21H,9-13,16,28H2,1-2H3,(H,32,33)(H,29,30,31). The van der Waals surface area contributed by atoms with Gasteiger partial charge in [-0.2, -0.15) is 4.98 Å². The van der Waals surface area contributed by atoms with Crippen molar-refractivity contribution in [1.29, 1.82) is 0 Å². The number of carbonyl (C=O) groups is 1. The molecule has 38 heavy (non-hydrogen) atoms. The third-order valence-corrected chi connectivity index (χ3v) is 7.80. The molecule has 2 heterocycles. The first-order valence-electron chi connectivity index (χ1n) is 12.4. The quantitative estimate of drug-likeness (QED) is 0.348. The van der Waals surface area contributed by atoms with Crippen LogP contribution >= 0.6 is 0 Å². The minimum atomic E-state index is -4.19. The first-order chi connectivity index (χ1) is 18.1. The Bertz CT molecular complexity index is 1390. The molecule has 0 amide bonds. The average Bonchev–Trinajstić information content (AvgIpc) is 2.88. The second-order valence-electron chi connectivity index (χ2n) is 9.48. The number of aromatic nitrogens is 2. The number of nitrogens with one attached hydrogen (secondary N) is 1. The number of aryl methyl sites for hydroxylation is 2. The van der Waals surface area contributed by atoms with Crippen molar-refractivity contribution < 1.29 is 27.8 Å². The summed E-state index contributed by atoms with van der Waals surface area (Å²) in [4.78, 5) is 19.9. The van der Waals surface area contributed by atoms with E-state index in [0.717, 1.165) is 55.2 Å². The van der Waals surface area contributed by atoms with Crippen LogP contribution in [0.3, 0.4) is 0 Å². The topological polar surface area (TPSA) is 154 Å². The lowest BCUT2D eigenvalue weighted by Gasteiger charge is -2.24. The predicted molar refractivity (Wildman–Crippen MR) is 143 cm³/mol. The van der Waals surface area contributed by atoms with Gasteiger partial charge >= 0.3 is 5.97 Å². The summed E-state index contributed by atoms with van der Waals surface area (Å²) in [6.07, 6.45) is 2.72. The molecular formula is C27H32N4O6S. The number of carboxylic acids is 1. The molecular weight excluding hydrogens is 508 g/mol. The molecule has 10 nitrogen and oxygen atoms in total. The Balaban J connectivity index is 1.62. The van der Waals surface area contributed by atoms with Gasteiger partial charge in [0.15, 0.2) is 0 Å². The molecule has 0 radical (unpaired) electrons. The van der Waals surface area contributed by atoms with Crippen molar-refractivity contribution in [2.75, 3.05) is 24.5 Å². The second-order valence-corrected chi connectivity index (χ2v) is 11.2. The maximum absolute atomic E-state index is 13.1. The molecule has 4 rings (SSSR count). The van der Waals surface area contributed by atoms with Gasteiger partial charge in [0.05, 0.1) is 16.2 Å². The van der Waals surface area contributed by atoms with E-state index >= 15 is 0 Å². The maximum Gasteiger partial charge on any atom is 0.335 e. The zero-order valence-electron chi connectivity index (χ0n) is 21.4. The van der Waals surface area contributed by atoms with Crippen molar-refractivity contribution in [3.05, 3.63) is 65.2 Å². The summed E-state index contributed by atoms with van der Waals surface area (Å²) in [5.41, 5.74) is 9.41. The van der Waals surface area contributed by atoms with E-state index in [0.29, 0.717) is 11.6 Å². The molecule has 0 aliphatic carbocycles. The van der Waals surface area contributed by atoms with Crippen molar-refractivity contribution in [1.82, 2.24) is 9.97 Å². The summed E-state index contributed by atoms with van der Waals surface area (Å²) in [6, 6.07) is 12.3. The number of ether oxygens (including phenoxy) is 2. The van der Waals surface area contributed by atoms with E-state index in [2.05, 4.69) is 14.7 Å². The molecule has 1 aliphatic rings. The molecule has 202 valence electrons. The Kier molecular flexibility index (Phi) is 8.60. The third kappa shape index (κ3) is 6.85. The molecule has 2 aromatic carbocycles. The number of anilines is 1. The molecule has 4 N–H and O–H groups in total. The number of sulfonamides is 1. The zero-order valence-corrected chi connectivity index (χ0v) is 22.2. The Hall–Kier alpha value is -3.54. The molecule has 1 aliphatic heterocycles. The van der Waals surface area contributed by atoms with Crippen LogP contribution in [0.1, 0.15) is 40.7 Å². The molecule has 0 saturated carbocycles. The second kappa shape index (κ2) is 11.9. The number of hydrogen-bond donors (Lipinski definition) is 3. The lowest BCUT2D eigenvalue weighted by Crippen LogP contribution is -2.32. The van der Waals surface area contributed by atoms with Crippen LogP contribution < -0.4 is 15.2 Å². The molecule has 1 unspecified atom stereocenters. The van der Waals surface area contributed by atoms with Crippen LogP contribution in [0.2, 0.25) is 0 Å². The van der Waals surface area contributed by atoms with E-state index in [1.54, 1.807) is 6.07 Å². The van der Waals surface area contributed by atoms with Gasteiger partial charge in [-0.25, -0.2) is 22.9 Å². The molecule has 1 saturated heterocycles. The SMILES string of the molecule is Cc1cccc(C)c1-c1cc(OCC(N)CC2CCOCC2)nc(NS(=O)(=O)c2cccc(C(=O)O)c2)n1. The molecule has 0 spiro atoms. The van der Waals surface area contributed by atoms with Crippen LogP contribution in [0, 0.1) is 19.8 Å². The molecule has 1 fully saturated rings. The van der Waals surface area contributed by atoms with Crippen LogP contribution in [-0.4, -0.2) is 55.3 Å². The largest absolute Gasteiger partial charge is 0.478 e. The van der Waals surface area contributed by atoms with Crippen molar-refractivity contribution in [2.24, 2.45) is 11.7 Å². The number of nitrogens with zero attached hydrogens (tertiary/aromatic N) is 2. The van der Waals surface area contributed by atoms with E-state index in [4.69, 9.17) is 15.2 Å². The number of nitrogens with two attached hydrogens (primary N) is 1. The zero-order chi connectivity index (χ0) is 27.3. The fraction of sp³-hybridized carbons (Fsp3) is 0.370. The van der Waals surface area contributed by atoms with Gasteiger partial charge in [-0.3, -0.25) is 0 Å². The van der Waals surface area contributed by atoms with Crippen LogP contribution in [-0.2, 0) is 14.8 Å². The molecule has 3 aromatic rings. The highest BCUT2D eigenvalue weighted by Gasteiger charge is 2.21. The molecule has 1 atom stereocenters. The van der Waals surface area contributed by atoms with Crippen LogP contribution in [0.25, 0.3) is 11.3 Å². The third-order valence-electron chi connectivity index (χ3n) is 6.48. The first-order valence-corrected chi connectivity index (χ1v) is 13.9. The van der Waals surface area contributed by atoms with E-state index in [1.807, 2.05) is 32.0 Å². The normalized spacial score (nSPS) is 15.1. The first kappa shape index (κ1) is 27.5. The highest BCUT2D eigenvalue weighted by molar-refractivity contribution is 7.92. The van der Waals surface area contributed by atoms with Crippen molar-refractivity contribution >= 4 is 21.9 Å². The molecule has 1 aromatic heterocycles. The minimum absolute atomic E-state index is 0.152. The van der Waals surface area contributed by atoms with E-state index < -0.39 is 16.0 Å². The average molecular weight is 541 g/mol. The van der Waals surface area contributed by atoms with E-state index in [1.165, 1.54) is 18.2 Å². The Labute approximate surface area is 222 Å². The number of aromatic carboxylic acids is 1. The minimum Gasteiger partial charge on any atom is -0.478 e. The van der Waals surface area contributed by atoms with Crippen LogP contribution in [0.15, 0.2) is 53.4 Å². The van der Waals surface area contributed by atoms with Gasteiger partial charge in [0, 0.05) is 30.9 Å². The van der Waals surface area contributed by atoms with Gasteiger partial charge in [0.2, 0.25) is 11.8 Å². The summed E-state index contributed by atoms with van der Waals surface area (Å²) in [7, 11) is -4.19. The monoisotopic (exact) mass is 540 g/mol. The van der Waals surface area contributed by atoms with Gasteiger partial charge in [0.25, 0.3) is 10.0 Å². The number of hydrogen-bond acceptors (Lipinski definition) is 8. The van der Waals surface area contributed by atoms with E-state index in [-0.39, 0.29) is 34.9 Å². The highest BCUT2D eigenvalue weighted by Crippen LogP contribution is 2.29. The van der Waals surface area contributed by atoms with Crippen LogP contribution in [0.4, 0.5) is 5.95 Å². The van der Waals surface area contributed by atoms with Gasteiger partial charge < -0.3 is 20.3 Å². The summed E-state index contributed by atoms with van der Waals surface area (Å²) in [6.45, 7) is 5.56. The Morgan fingerprint density at radius 2 is 1.82 bits per heavy atom. The Morgan fingerprint density at radius 1 is 1.13 bits per heavy atom. The fourth-order valence-electron chi connectivity index (χ4n) is 4.54. The van der Waals surface area contributed by atoms with Gasteiger partial charge in [0.1, 0.15) is 6.61 Å². The smallest absolute Gasteiger partial charge is 0.335 e.